The van der Waals surface area contributed by atoms with Crippen molar-refractivity contribution >= 4 is 46.7 Å². The van der Waals surface area contributed by atoms with Crippen molar-refractivity contribution in [2.75, 3.05) is 33.3 Å². The summed E-state index contributed by atoms with van der Waals surface area (Å²) in [7, 11) is 1.28. The van der Waals surface area contributed by atoms with E-state index in [4.69, 9.17) is 39.5 Å². The van der Waals surface area contributed by atoms with E-state index in [1.54, 1.807) is 12.1 Å². The first-order valence-corrected chi connectivity index (χ1v) is 11.4. The first-order valence-electron chi connectivity index (χ1n) is 10.2. The van der Waals surface area contributed by atoms with Crippen LogP contribution in [0.15, 0.2) is 42.5 Å². The van der Waals surface area contributed by atoms with Gasteiger partial charge in [-0.3, -0.25) is 14.5 Å². The largest absolute Gasteiger partial charge is 0.468 e. The molecule has 0 aliphatic carbocycles. The van der Waals surface area contributed by atoms with Crippen LogP contribution in [0.25, 0.3) is 0 Å². The van der Waals surface area contributed by atoms with Crippen molar-refractivity contribution in [1.82, 2.24) is 9.80 Å². The summed E-state index contributed by atoms with van der Waals surface area (Å²) in [5, 5.41) is 10.8. The average Bonchev–Trinajstić information content (AvgIpc) is 3.21. The highest BCUT2D eigenvalue weighted by molar-refractivity contribution is 6.44. The average molecular weight is 500 g/mol. The number of rotatable bonds is 8. The van der Waals surface area contributed by atoms with E-state index in [1.807, 2.05) is 30.3 Å². The minimum absolute atomic E-state index is 0.124. The molecule has 9 heteroatoms. The van der Waals surface area contributed by atoms with Gasteiger partial charge in [-0.05, 0) is 24.1 Å². The van der Waals surface area contributed by atoms with E-state index >= 15 is 0 Å². The van der Waals surface area contributed by atoms with E-state index in [0.29, 0.717) is 41.7 Å². The van der Waals surface area contributed by atoms with Gasteiger partial charge in [0, 0.05) is 30.2 Å². The molecule has 1 saturated heterocycles. The van der Waals surface area contributed by atoms with Crippen LogP contribution in [0.3, 0.4) is 0 Å². The molecule has 6 nitrogen and oxygen atoms in total. The number of aliphatic hydroxyl groups excluding tert-OH is 1. The SMILES string of the molecule is COC(=O)CN(C(=O)Cc1c(Cl)ccc(Cl)c1Cl)[C@H](CN1CC[C@H](O)C1)c1ccccc1. The Morgan fingerprint density at radius 3 is 2.47 bits per heavy atom. The normalized spacial score (nSPS) is 17.2. The molecule has 32 heavy (non-hydrogen) atoms. The third kappa shape index (κ3) is 6.15. The number of β-amino-alcohol motifs (C(OH)–C–C–N with tert-alkyl or cyclic N) is 1. The topological polar surface area (TPSA) is 70.1 Å². The fourth-order valence-electron chi connectivity index (χ4n) is 3.84. The van der Waals surface area contributed by atoms with E-state index in [0.717, 1.165) is 5.56 Å². The smallest absolute Gasteiger partial charge is 0.325 e. The Labute approximate surface area is 202 Å². The van der Waals surface area contributed by atoms with Crippen molar-refractivity contribution in [2.45, 2.75) is 25.0 Å². The summed E-state index contributed by atoms with van der Waals surface area (Å²) in [6.45, 7) is 1.44. The number of carbonyl (C=O) groups excluding carboxylic acids is 2. The summed E-state index contributed by atoms with van der Waals surface area (Å²) in [6, 6.07) is 12.2. The van der Waals surface area contributed by atoms with Crippen molar-refractivity contribution in [3.8, 4) is 0 Å². The molecule has 1 aliphatic heterocycles. The molecule has 0 radical (unpaired) electrons. The van der Waals surface area contributed by atoms with Crippen LogP contribution in [0.4, 0.5) is 0 Å². The van der Waals surface area contributed by atoms with Crippen molar-refractivity contribution in [2.24, 2.45) is 0 Å². The Morgan fingerprint density at radius 1 is 1.16 bits per heavy atom. The highest BCUT2D eigenvalue weighted by Gasteiger charge is 2.32. The number of benzene rings is 2. The summed E-state index contributed by atoms with van der Waals surface area (Å²) in [5.41, 5.74) is 1.28. The van der Waals surface area contributed by atoms with Crippen molar-refractivity contribution in [3.05, 3.63) is 68.7 Å². The number of hydrogen-bond acceptors (Lipinski definition) is 5. The highest BCUT2D eigenvalue weighted by Crippen LogP contribution is 2.33. The van der Waals surface area contributed by atoms with Gasteiger partial charge in [0.05, 0.1) is 35.7 Å². The minimum Gasteiger partial charge on any atom is -0.468 e. The molecule has 3 rings (SSSR count). The molecule has 1 N–H and O–H groups in total. The summed E-state index contributed by atoms with van der Waals surface area (Å²) >= 11 is 18.7. The molecule has 0 unspecified atom stereocenters. The van der Waals surface area contributed by atoms with Crippen molar-refractivity contribution < 1.29 is 19.4 Å². The number of amides is 1. The summed E-state index contributed by atoms with van der Waals surface area (Å²) < 4.78 is 4.86. The molecule has 0 saturated carbocycles. The second kappa shape index (κ2) is 11.3. The van der Waals surface area contributed by atoms with E-state index in [-0.39, 0.29) is 23.9 Å². The van der Waals surface area contributed by atoms with Gasteiger partial charge in [-0.1, -0.05) is 65.1 Å². The Kier molecular flexibility index (Phi) is 8.79. The van der Waals surface area contributed by atoms with E-state index in [9.17, 15) is 14.7 Å². The Bertz CT molecular complexity index is 958. The number of halogens is 3. The number of methoxy groups -OCH3 is 1. The molecule has 1 heterocycles. The van der Waals surface area contributed by atoms with Crippen LogP contribution >= 0.6 is 34.8 Å². The number of ether oxygens (including phenoxy) is 1. The Morgan fingerprint density at radius 2 is 1.84 bits per heavy atom. The molecule has 1 amide bonds. The summed E-state index contributed by atoms with van der Waals surface area (Å²) in [5.74, 6) is -0.876. The number of nitrogens with zero attached hydrogens (tertiary/aromatic N) is 2. The lowest BCUT2D eigenvalue weighted by Crippen LogP contribution is -2.44. The molecule has 0 spiro atoms. The van der Waals surface area contributed by atoms with Gasteiger partial charge in [0.25, 0.3) is 0 Å². The second-order valence-corrected chi connectivity index (χ2v) is 8.92. The maximum Gasteiger partial charge on any atom is 0.325 e. The molecule has 1 aliphatic rings. The van der Waals surface area contributed by atoms with Gasteiger partial charge in [-0.15, -0.1) is 0 Å². The van der Waals surface area contributed by atoms with Crippen LogP contribution in [0.2, 0.25) is 15.1 Å². The summed E-state index contributed by atoms with van der Waals surface area (Å²) in [6.07, 6.45) is 0.140. The van der Waals surface area contributed by atoms with Crippen LogP contribution in [0.5, 0.6) is 0 Å². The number of esters is 1. The summed E-state index contributed by atoms with van der Waals surface area (Å²) in [4.78, 5) is 29.3. The maximum atomic E-state index is 13.5. The first-order chi connectivity index (χ1) is 15.3. The molecule has 2 aromatic carbocycles. The van der Waals surface area contributed by atoms with Crippen LogP contribution in [-0.2, 0) is 20.7 Å². The van der Waals surface area contributed by atoms with Gasteiger partial charge >= 0.3 is 5.97 Å². The standard InChI is InChI=1S/C23H25Cl3N2O4/c1-32-22(31)14-28(21(30)11-17-18(24)7-8-19(25)23(17)26)20(15-5-3-2-4-6-15)13-27-10-9-16(29)12-27/h2-8,16,20,29H,9-14H2,1H3/t16-,20+/m0/s1. The van der Waals surface area contributed by atoms with Gasteiger partial charge in [0.15, 0.2) is 0 Å². The third-order valence-electron chi connectivity index (χ3n) is 5.55. The van der Waals surface area contributed by atoms with E-state index in [1.165, 1.54) is 12.0 Å². The van der Waals surface area contributed by atoms with Gasteiger partial charge in [-0.25, -0.2) is 0 Å². The number of likely N-dealkylation sites (tertiary alicyclic amines) is 1. The molecule has 2 atom stereocenters. The molecular formula is C23H25Cl3N2O4. The lowest BCUT2D eigenvalue weighted by molar-refractivity contribution is -0.148. The van der Waals surface area contributed by atoms with E-state index < -0.39 is 18.1 Å². The third-order valence-corrected chi connectivity index (χ3v) is 6.75. The zero-order valence-electron chi connectivity index (χ0n) is 17.6. The van der Waals surface area contributed by atoms with Crippen LogP contribution in [-0.4, -0.2) is 66.2 Å². The predicted molar refractivity (Wildman–Crippen MR) is 125 cm³/mol. The zero-order chi connectivity index (χ0) is 23.3. The Balaban J connectivity index is 1.95. The second-order valence-electron chi connectivity index (χ2n) is 7.72. The quantitative estimate of drug-likeness (QED) is 0.439. The van der Waals surface area contributed by atoms with Gasteiger partial charge in [0.1, 0.15) is 6.54 Å². The highest BCUT2D eigenvalue weighted by atomic mass is 35.5. The number of carbonyl (C=O) groups is 2. The van der Waals surface area contributed by atoms with E-state index in [2.05, 4.69) is 4.90 Å². The maximum absolute atomic E-state index is 13.5. The first kappa shape index (κ1) is 24.8. The monoisotopic (exact) mass is 498 g/mol. The molecule has 2 aromatic rings. The fraction of sp³-hybridized carbons (Fsp3) is 0.391. The minimum atomic E-state index is -0.538. The molecule has 0 aromatic heterocycles. The molecule has 0 bridgehead atoms. The number of hydrogen-bond donors (Lipinski definition) is 1. The number of aliphatic hydroxyl groups is 1. The molecule has 1 fully saturated rings. The molecule has 172 valence electrons. The van der Waals surface area contributed by atoms with Crippen LogP contribution in [0, 0.1) is 0 Å². The van der Waals surface area contributed by atoms with Crippen LogP contribution in [0.1, 0.15) is 23.6 Å². The van der Waals surface area contributed by atoms with Gasteiger partial charge < -0.3 is 14.7 Å². The lowest BCUT2D eigenvalue weighted by atomic mass is 10.0. The molecular weight excluding hydrogens is 475 g/mol. The van der Waals surface area contributed by atoms with Gasteiger partial charge in [0.2, 0.25) is 5.91 Å². The lowest BCUT2D eigenvalue weighted by Gasteiger charge is -2.34. The Hall–Kier alpha value is -1.83. The van der Waals surface area contributed by atoms with Gasteiger partial charge in [-0.2, -0.15) is 0 Å². The van der Waals surface area contributed by atoms with Crippen LogP contribution < -0.4 is 0 Å². The van der Waals surface area contributed by atoms with Crippen molar-refractivity contribution in [3.63, 3.8) is 0 Å². The fourth-order valence-corrected chi connectivity index (χ4v) is 4.52. The van der Waals surface area contributed by atoms with Crippen molar-refractivity contribution in [1.29, 1.82) is 0 Å². The zero-order valence-corrected chi connectivity index (χ0v) is 19.9. The predicted octanol–water partition coefficient (Wildman–Crippen LogP) is 4.00.